The molecule has 2 heterocycles. The molecular weight excluding hydrogens is 286 g/mol. The zero-order chi connectivity index (χ0) is 15.2. The van der Waals surface area contributed by atoms with Crippen molar-refractivity contribution in [2.45, 2.75) is 20.3 Å². The summed E-state index contributed by atoms with van der Waals surface area (Å²) in [6.45, 7) is 7.97. The van der Waals surface area contributed by atoms with Crippen molar-refractivity contribution in [2.24, 2.45) is 0 Å². The average Bonchev–Trinajstić information content (AvgIpc) is 3.01. The highest BCUT2D eigenvalue weighted by atomic mass is 32.1. The molecule has 0 spiro atoms. The summed E-state index contributed by atoms with van der Waals surface area (Å²) >= 11 is 1.61. The number of rotatable bonds is 4. The number of carbonyl (C=O) groups excluding carboxylic acids is 2. The summed E-state index contributed by atoms with van der Waals surface area (Å²) in [6.07, 6.45) is 0.474. The molecule has 0 N–H and O–H groups in total. The molecule has 1 saturated heterocycles. The van der Waals surface area contributed by atoms with Crippen molar-refractivity contribution in [3.63, 3.8) is 0 Å². The topological polar surface area (TPSA) is 43.9 Å². The predicted octanol–water partition coefficient (Wildman–Crippen LogP) is 1.90. The number of urea groups is 1. The van der Waals surface area contributed by atoms with E-state index in [0.717, 1.165) is 18.0 Å². The molecule has 0 radical (unpaired) electrons. The van der Waals surface area contributed by atoms with Gasteiger partial charge in [-0.05, 0) is 25.3 Å². The van der Waals surface area contributed by atoms with Crippen LogP contribution in [0.3, 0.4) is 0 Å². The van der Waals surface area contributed by atoms with Crippen molar-refractivity contribution in [3.8, 4) is 0 Å². The third-order valence-corrected chi connectivity index (χ3v) is 4.72. The zero-order valence-corrected chi connectivity index (χ0v) is 13.6. The monoisotopic (exact) mass is 309 g/mol. The molecule has 2 rings (SSSR count). The van der Waals surface area contributed by atoms with Crippen LogP contribution in [0.25, 0.3) is 0 Å². The Balaban J connectivity index is 1.82. The second kappa shape index (κ2) is 7.45. The van der Waals surface area contributed by atoms with Crippen molar-refractivity contribution in [3.05, 3.63) is 22.4 Å². The van der Waals surface area contributed by atoms with Crippen molar-refractivity contribution >= 4 is 23.3 Å². The summed E-state index contributed by atoms with van der Waals surface area (Å²) in [6, 6.07) is 4.04. The number of hydrogen-bond acceptors (Lipinski definition) is 3. The Morgan fingerprint density at radius 3 is 2.29 bits per heavy atom. The second-order valence-electron chi connectivity index (χ2n) is 5.08. The van der Waals surface area contributed by atoms with Crippen LogP contribution in [-0.4, -0.2) is 65.9 Å². The summed E-state index contributed by atoms with van der Waals surface area (Å²) in [5.74, 6) is 0.160. The van der Waals surface area contributed by atoms with Gasteiger partial charge >= 0.3 is 6.03 Å². The lowest BCUT2D eigenvalue weighted by atomic mass is 10.2. The number of hydrogen-bond donors (Lipinski definition) is 0. The highest BCUT2D eigenvalue weighted by Gasteiger charge is 2.26. The van der Waals surface area contributed by atoms with Gasteiger partial charge in [0, 0.05) is 44.1 Å². The van der Waals surface area contributed by atoms with Gasteiger partial charge in [-0.25, -0.2) is 4.79 Å². The summed E-state index contributed by atoms with van der Waals surface area (Å²) in [5.41, 5.74) is 0. The number of carbonyl (C=O) groups is 2. The molecule has 0 aliphatic carbocycles. The van der Waals surface area contributed by atoms with E-state index in [9.17, 15) is 9.59 Å². The van der Waals surface area contributed by atoms with E-state index in [0.29, 0.717) is 32.6 Å². The van der Waals surface area contributed by atoms with Gasteiger partial charge in [0.15, 0.2) is 0 Å². The van der Waals surface area contributed by atoms with Crippen LogP contribution in [0.2, 0.25) is 0 Å². The Hall–Kier alpha value is -1.56. The highest BCUT2D eigenvalue weighted by molar-refractivity contribution is 7.10. The maximum atomic E-state index is 12.2. The fourth-order valence-corrected chi connectivity index (χ4v) is 3.21. The molecule has 0 bridgehead atoms. The number of thiophene rings is 1. The molecule has 116 valence electrons. The average molecular weight is 309 g/mol. The van der Waals surface area contributed by atoms with Gasteiger partial charge < -0.3 is 14.7 Å². The summed E-state index contributed by atoms with van der Waals surface area (Å²) in [5, 5.41) is 1.99. The largest absolute Gasteiger partial charge is 0.339 e. The van der Waals surface area contributed by atoms with Gasteiger partial charge in [-0.3, -0.25) is 4.79 Å². The molecule has 0 aromatic carbocycles. The van der Waals surface area contributed by atoms with Gasteiger partial charge in [0.1, 0.15) is 0 Å². The molecule has 0 atom stereocenters. The maximum Gasteiger partial charge on any atom is 0.320 e. The Kier molecular flexibility index (Phi) is 5.61. The number of amides is 3. The maximum absolute atomic E-state index is 12.2. The van der Waals surface area contributed by atoms with Gasteiger partial charge in [-0.2, -0.15) is 0 Å². The smallest absolute Gasteiger partial charge is 0.320 e. The first-order chi connectivity index (χ1) is 10.2. The molecule has 0 unspecified atom stereocenters. The van der Waals surface area contributed by atoms with E-state index < -0.39 is 0 Å². The molecule has 1 aliphatic rings. The van der Waals surface area contributed by atoms with Crippen LogP contribution >= 0.6 is 11.3 Å². The SMILES string of the molecule is CCN(CC)C(=O)N1CCN(C(=O)Cc2cccs2)CC1. The van der Waals surface area contributed by atoms with E-state index in [1.54, 1.807) is 11.3 Å². The standard InChI is InChI=1S/C15H23N3O2S/c1-3-16(4-2)15(20)18-9-7-17(8-10-18)14(19)12-13-6-5-11-21-13/h5-6,11H,3-4,7-10,12H2,1-2H3. The Morgan fingerprint density at radius 1 is 1.14 bits per heavy atom. The summed E-state index contributed by atoms with van der Waals surface area (Å²) < 4.78 is 0. The molecular formula is C15H23N3O2S. The first-order valence-electron chi connectivity index (χ1n) is 7.49. The second-order valence-corrected chi connectivity index (χ2v) is 6.11. The van der Waals surface area contributed by atoms with Gasteiger partial charge in [-0.15, -0.1) is 11.3 Å². The fraction of sp³-hybridized carbons (Fsp3) is 0.600. The van der Waals surface area contributed by atoms with Crippen LogP contribution in [0.15, 0.2) is 17.5 Å². The van der Waals surface area contributed by atoms with Crippen molar-refractivity contribution < 1.29 is 9.59 Å². The van der Waals surface area contributed by atoms with Crippen LogP contribution in [0.5, 0.6) is 0 Å². The lowest BCUT2D eigenvalue weighted by Crippen LogP contribution is -2.54. The summed E-state index contributed by atoms with van der Waals surface area (Å²) in [4.78, 5) is 31.1. The minimum atomic E-state index is 0.0883. The third-order valence-electron chi connectivity index (χ3n) is 3.84. The molecule has 3 amide bonds. The molecule has 1 aromatic rings. The summed E-state index contributed by atoms with van der Waals surface area (Å²) in [7, 11) is 0. The van der Waals surface area contributed by atoms with Crippen molar-refractivity contribution in [1.29, 1.82) is 0 Å². The molecule has 5 nitrogen and oxygen atoms in total. The van der Waals surface area contributed by atoms with Crippen molar-refractivity contribution in [1.82, 2.24) is 14.7 Å². The van der Waals surface area contributed by atoms with Crippen LogP contribution in [0, 0.1) is 0 Å². The van der Waals surface area contributed by atoms with E-state index in [1.807, 2.05) is 46.1 Å². The fourth-order valence-electron chi connectivity index (χ4n) is 2.52. The Morgan fingerprint density at radius 2 is 1.76 bits per heavy atom. The quantitative estimate of drug-likeness (QED) is 0.852. The molecule has 21 heavy (non-hydrogen) atoms. The molecule has 1 fully saturated rings. The number of nitrogens with zero attached hydrogens (tertiary/aromatic N) is 3. The van der Waals surface area contributed by atoms with Gasteiger partial charge in [0.2, 0.25) is 5.91 Å². The lowest BCUT2D eigenvalue weighted by molar-refractivity contribution is -0.131. The van der Waals surface area contributed by atoms with E-state index in [4.69, 9.17) is 0 Å². The van der Waals surface area contributed by atoms with Crippen LogP contribution in [0.4, 0.5) is 4.79 Å². The minimum absolute atomic E-state index is 0.0883. The Bertz CT molecular complexity index is 463. The van der Waals surface area contributed by atoms with Crippen LogP contribution < -0.4 is 0 Å². The van der Waals surface area contributed by atoms with Gasteiger partial charge in [0.05, 0.1) is 6.42 Å². The molecule has 1 aromatic heterocycles. The molecule has 1 aliphatic heterocycles. The Labute approximate surface area is 130 Å². The molecule has 0 saturated carbocycles. The van der Waals surface area contributed by atoms with Crippen LogP contribution in [0.1, 0.15) is 18.7 Å². The first kappa shape index (κ1) is 15.8. The van der Waals surface area contributed by atoms with E-state index in [2.05, 4.69) is 0 Å². The van der Waals surface area contributed by atoms with E-state index in [1.165, 1.54) is 0 Å². The highest BCUT2D eigenvalue weighted by Crippen LogP contribution is 2.12. The van der Waals surface area contributed by atoms with E-state index in [-0.39, 0.29) is 11.9 Å². The van der Waals surface area contributed by atoms with Crippen molar-refractivity contribution in [2.75, 3.05) is 39.3 Å². The lowest BCUT2D eigenvalue weighted by Gasteiger charge is -2.37. The normalized spacial score (nSPS) is 15.1. The third kappa shape index (κ3) is 3.97. The first-order valence-corrected chi connectivity index (χ1v) is 8.37. The zero-order valence-electron chi connectivity index (χ0n) is 12.7. The number of piperazine rings is 1. The minimum Gasteiger partial charge on any atom is -0.339 e. The van der Waals surface area contributed by atoms with Gasteiger partial charge in [-0.1, -0.05) is 6.07 Å². The van der Waals surface area contributed by atoms with Crippen LogP contribution in [-0.2, 0) is 11.2 Å². The van der Waals surface area contributed by atoms with Gasteiger partial charge in [0.25, 0.3) is 0 Å². The predicted molar refractivity (Wildman–Crippen MR) is 84.5 cm³/mol. The van der Waals surface area contributed by atoms with E-state index >= 15 is 0 Å². The molecule has 6 heteroatoms.